The number of nitrogens with zero attached hydrogens (tertiary/aromatic N) is 4. The zero-order valence-corrected chi connectivity index (χ0v) is 26.6. The third-order valence-electron chi connectivity index (χ3n) is 8.74. The van der Waals surface area contributed by atoms with Crippen LogP contribution in [0.2, 0.25) is 0 Å². The predicted molar refractivity (Wildman–Crippen MR) is 167 cm³/mol. The Hall–Kier alpha value is -5.23. The van der Waals surface area contributed by atoms with Gasteiger partial charge in [-0.15, -0.1) is 0 Å². The molecule has 1 unspecified atom stereocenters. The Balaban J connectivity index is 0.000000187. The first-order valence-corrected chi connectivity index (χ1v) is 15.3. The van der Waals surface area contributed by atoms with Gasteiger partial charge in [-0.2, -0.15) is 0 Å². The lowest BCUT2D eigenvalue weighted by atomic mass is 10.1. The van der Waals surface area contributed by atoms with Gasteiger partial charge >= 0.3 is 11.9 Å². The maximum atomic E-state index is 15.6. The van der Waals surface area contributed by atoms with Crippen molar-refractivity contribution < 1.29 is 55.6 Å². The van der Waals surface area contributed by atoms with Crippen LogP contribution in [0.5, 0.6) is 0 Å². The van der Waals surface area contributed by atoms with Gasteiger partial charge in [0.2, 0.25) is 10.9 Å². The minimum absolute atomic E-state index is 0.175. The van der Waals surface area contributed by atoms with E-state index >= 15 is 4.39 Å². The second-order valence-corrected chi connectivity index (χ2v) is 12.9. The van der Waals surface area contributed by atoms with Gasteiger partial charge in [0.05, 0.1) is 28.4 Å². The van der Waals surface area contributed by atoms with E-state index in [0.717, 1.165) is 21.9 Å². The molecule has 1 aliphatic heterocycles. The van der Waals surface area contributed by atoms with E-state index in [1.54, 1.807) is 19.0 Å². The Kier molecular flexibility index (Phi) is 8.74. The minimum Gasteiger partial charge on any atom is -0.477 e. The van der Waals surface area contributed by atoms with Gasteiger partial charge in [0.15, 0.2) is 40.7 Å². The van der Waals surface area contributed by atoms with Crippen LogP contribution >= 0.6 is 0 Å². The second kappa shape index (κ2) is 12.5. The number of likely N-dealkylation sites (N-methyl/N-ethyl adjacent to an activating group) is 1. The molecular formula is C33H27F7N4O7. The summed E-state index contributed by atoms with van der Waals surface area (Å²) in [6, 6.07) is -0.678. The molecule has 0 amide bonds. The first-order valence-electron chi connectivity index (χ1n) is 15.3. The number of benzene rings is 2. The van der Waals surface area contributed by atoms with Crippen LogP contribution in [0.1, 0.15) is 58.5 Å². The van der Waals surface area contributed by atoms with E-state index in [4.69, 9.17) is 5.11 Å². The quantitative estimate of drug-likeness (QED) is 0.141. The highest BCUT2D eigenvalue weighted by atomic mass is 19.2. The number of β-amino-alcohol motifs (C(OH)–C–C–N with tert-alkyl or cyclic N) is 1. The summed E-state index contributed by atoms with van der Waals surface area (Å²) >= 11 is 0. The molecule has 3 aliphatic rings. The number of rotatable bonds is 7. The van der Waals surface area contributed by atoms with Crippen LogP contribution in [0.3, 0.4) is 0 Å². The average Bonchev–Trinajstić information content (AvgIpc) is 3.99. The number of halogens is 7. The molecule has 1 atom stereocenters. The highest BCUT2D eigenvalue weighted by Gasteiger charge is 2.38. The summed E-state index contributed by atoms with van der Waals surface area (Å²) in [6.45, 7) is -0.0428. The molecule has 2 fully saturated rings. The molecule has 3 N–H and O–H groups in total. The largest absolute Gasteiger partial charge is 0.477 e. The Morgan fingerprint density at radius 3 is 1.59 bits per heavy atom. The molecule has 2 aromatic heterocycles. The smallest absolute Gasteiger partial charge is 0.341 e. The summed E-state index contributed by atoms with van der Waals surface area (Å²) in [7, 11) is 3.44. The van der Waals surface area contributed by atoms with Crippen molar-refractivity contribution in [2.75, 3.05) is 32.1 Å². The number of hydrogen-bond acceptors (Lipinski definition) is 7. The third kappa shape index (κ3) is 6.01. The van der Waals surface area contributed by atoms with Crippen LogP contribution < -0.4 is 15.8 Å². The SMILES string of the molecule is CN(C)CC1(O)C=CN(c2c(F)c(F)c3c(=O)c(C(=O)O)cn(C4CC4)c3c2F)C1.O=C(O)c1cn(C2CC2)c2c(F)c(F)c(F)c(F)c2c1=O. The van der Waals surface area contributed by atoms with Gasteiger partial charge in [0.25, 0.3) is 0 Å². The van der Waals surface area contributed by atoms with Crippen molar-refractivity contribution in [2.24, 2.45) is 0 Å². The number of hydrogen-bond donors (Lipinski definition) is 3. The maximum Gasteiger partial charge on any atom is 0.341 e. The molecule has 4 aromatic rings. The van der Waals surface area contributed by atoms with Gasteiger partial charge in [-0.3, -0.25) is 9.59 Å². The van der Waals surface area contributed by atoms with Crippen LogP contribution in [-0.2, 0) is 0 Å². The van der Waals surface area contributed by atoms with Gasteiger partial charge in [-0.1, -0.05) is 0 Å². The molecule has 0 bridgehead atoms. The van der Waals surface area contributed by atoms with E-state index in [0.29, 0.717) is 25.7 Å². The van der Waals surface area contributed by atoms with Crippen molar-refractivity contribution >= 4 is 39.4 Å². The third-order valence-corrected chi connectivity index (χ3v) is 8.74. The van der Waals surface area contributed by atoms with Crippen molar-refractivity contribution in [3.8, 4) is 0 Å². The van der Waals surface area contributed by atoms with Crippen LogP contribution in [0, 0.1) is 40.7 Å². The number of carboxylic acid groups (broad SMARTS) is 2. The lowest BCUT2D eigenvalue weighted by Gasteiger charge is -2.28. The van der Waals surface area contributed by atoms with E-state index in [-0.39, 0.29) is 25.2 Å². The van der Waals surface area contributed by atoms with E-state index in [9.17, 15) is 55.7 Å². The zero-order valence-electron chi connectivity index (χ0n) is 26.6. The van der Waals surface area contributed by atoms with Crippen molar-refractivity contribution in [3.63, 3.8) is 0 Å². The minimum atomic E-state index is -2.14. The highest BCUT2D eigenvalue weighted by molar-refractivity contribution is 5.95. The normalized spacial score (nSPS) is 18.5. The molecule has 0 spiro atoms. The van der Waals surface area contributed by atoms with E-state index in [2.05, 4.69) is 0 Å². The summed E-state index contributed by atoms with van der Waals surface area (Å²) in [4.78, 5) is 49.6. The number of aliphatic hydroxyl groups is 1. The lowest BCUT2D eigenvalue weighted by molar-refractivity contribution is 0.0684. The highest BCUT2D eigenvalue weighted by Crippen LogP contribution is 2.42. The van der Waals surface area contributed by atoms with E-state index in [1.807, 2.05) is 0 Å². The molecule has 18 heteroatoms. The monoisotopic (exact) mass is 724 g/mol. The standard InChI is InChI=1S/C20H20F3N3O4.C13H7F4NO3/c1-24(2)8-20(30)5-6-25(9-20)17-14(22)13(21)12-16(15(17)23)26(10-3-4-10)7-11(18(12)27)19(28)29;14-7-6-11(10(17)9(16)8(7)15)18(4-1-2-4)3-5(12(6)19)13(20)21/h5-7,10,30H,3-4,8-9H2,1-2H3,(H,28,29);3-4H,1-2H2,(H,20,21). The number of aromatic carboxylic acids is 2. The molecule has 51 heavy (non-hydrogen) atoms. The lowest BCUT2D eigenvalue weighted by Crippen LogP contribution is -2.43. The molecule has 2 saturated carbocycles. The summed E-state index contributed by atoms with van der Waals surface area (Å²) in [5.74, 6) is -15.4. The van der Waals surface area contributed by atoms with E-state index in [1.165, 1.54) is 16.8 Å². The fourth-order valence-corrected chi connectivity index (χ4v) is 6.22. The van der Waals surface area contributed by atoms with E-state index < -0.39 is 108 Å². The van der Waals surface area contributed by atoms with Gasteiger partial charge < -0.3 is 34.3 Å². The van der Waals surface area contributed by atoms with Gasteiger partial charge in [0.1, 0.15) is 22.4 Å². The van der Waals surface area contributed by atoms with Crippen LogP contribution in [-0.4, -0.2) is 74.1 Å². The number of carbonyl (C=O) groups is 2. The van der Waals surface area contributed by atoms with Crippen molar-refractivity contribution in [2.45, 2.75) is 43.4 Å². The average molecular weight is 725 g/mol. The molecule has 2 aromatic carbocycles. The molecule has 270 valence electrons. The van der Waals surface area contributed by atoms with Crippen molar-refractivity contribution in [1.82, 2.24) is 14.0 Å². The summed E-state index contributed by atoms with van der Waals surface area (Å²) in [5.41, 5.74) is -7.59. The number of carboxylic acids is 2. The molecule has 3 heterocycles. The van der Waals surface area contributed by atoms with Gasteiger partial charge in [-0.05, 0) is 45.9 Å². The number of pyridine rings is 2. The number of fused-ring (bicyclic) bond motifs is 2. The second-order valence-electron chi connectivity index (χ2n) is 12.9. The Bertz CT molecular complexity index is 2330. The molecule has 2 aliphatic carbocycles. The van der Waals surface area contributed by atoms with Crippen LogP contribution in [0.25, 0.3) is 21.8 Å². The summed E-state index contributed by atoms with van der Waals surface area (Å²) in [5, 5.41) is 26.8. The summed E-state index contributed by atoms with van der Waals surface area (Å²) in [6.07, 6.45) is 6.72. The first-order chi connectivity index (χ1) is 23.9. The van der Waals surface area contributed by atoms with Crippen molar-refractivity contribution in [1.29, 1.82) is 0 Å². The van der Waals surface area contributed by atoms with Crippen LogP contribution in [0.4, 0.5) is 36.4 Å². The number of anilines is 1. The zero-order chi connectivity index (χ0) is 37.4. The number of aromatic nitrogens is 2. The van der Waals surface area contributed by atoms with Gasteiger partial charge in [0, 0.05) is 37.2 Å². The Labute approximate surface area is 281 Å². The predicted octanol–water partition coefficient (Wildman–Crippen LogP) is 4.67. The topological polar surface area (TPSA) is 145 Å². The summed E-state index contributed by atoms with van der Waals surface area (Å²) < 4.78 is 102. The Morgan fingerprint density at radius 2 is 1.16 bits per heavy atom. The van der Waals surface area contributed by atoms with Crippen molar-refractivity contribution in [3.05, 3.63) is 97.0 Å². The maximum absolute atomic E-state index is 15.6. The fourth-order valence-electron chi connectivity index (χ4n) is 6.22. The fraction of sp³-hybridized carbons (Fsp3) is 0.333. The molecular weight excluding hydrogens is 697 g/mol. The van der Waals surface area contributed by atoms with Gasteiger partial charge in [-0.25, -0.2) is 40.3 Å². The molecule has 0 saturated heterocycles. The molecule has 7 rings (SSSR count). The van der Waals surface area contributed by atoms with Crippen LogP contribution in [0.15, 0.2) is 34.3 Å². The molecule has 0 radical (unpaired) electrons. The Morgan fingerprint density at radius 1 is 0.725 bits per heavy atom. The first kappa shape index (κ1) is 35.6. The molecule has 11 nitrogen and oxygen atoms in total.